The number of para-hydroxylation sites is 8. The second kappa shape index (κ2) is 20.4. The first-order valence-corrected chi connectivity index (χ1v) is 30.4. The zero-order valence-corrected chi connectivity index (χ0v) is 48.2. The average Bonchev–Trinajstić information content (AvgIpc) is 0.919. The second-order valence-electron chi connectivity index (χ2n) is 23.0. The van der Waals surface area contributed by atoms with E-state index >= 15 is 0 Å². The van der Waals surface area contributed by atoms with Crippen LogP contribution in [0.1, 0.15) is 0 Å². The largest absolute Gasteiger partial charge is 0.311 e. The maximum Gasteiger partial charge on any atom is 0.252 e. The van der Waals surface area contributed by atoms with Crippen LogP contribution in [-0.4, -0.2) is 30.8 Å². The minimum atomic E-state index is -0.0389. The summed E-state index contributed by atoms with van der Waals surface area (Å²) in [6, 6.07) is 114. The van der Waals surface area contributed by atoms with Gasteiger partial charge in [-0.3, -0.25) is 0 Å². The standard InChI is InChI=1S/C81H52BN7/c1-6-26-53(27-7-1)79-83-80(54-28-8-2-9-29-54)85-81(84-79)64-41-25-40-60(77(64)89-70-45-21-17-39-63(70)66-51-65-62-38-16-20-44-69(62)86(74(65)52-75(66)89)57-32-10-3-11-33-57)55-30-24-31-56(50-55)61-48-49-73-76-78(61)88(59-36-14-5-15-37-59)72-47-23-19-43-68(72)82(76)67-42-18-22-46-71(67)87(73)58-34-12-4-13-35-58/h1-52H. The van der Waals surface area contributed by atoms with Crippen LogP contribution in [0.5, 0.6) is 0 Å². The van der Waals surface area contributed by atoms with Gasteiger partial charge < -0.3 is 18.9 Å². The zero-order chi connectivity index (χ0) is 58.5. The summed E-state index contributed by atoms with van der Waals surface area (Å²) in [5.41, 5.74) is 24.1. The van der Waals surface area contributed by atoms with Crippen molar-refractivity contribution in [1.29, 1.82) is 0 Å². The summed E-state index contributed by atoms with van der Waals surface area (Å²) < 4.78 is 4.90. The van der Waals surface area contributed by atoms with Crippen LogP contribution >= 0.6 is 0 Å². The molecule has 2 aliphatic rings. The van der Waals surface area contributed by atoms with Crippen LogP contribution in [0.15, 0.2) is 315 Å². The van der Waals surface area contributed by atoms with Gasteiger partial charge in [-0.2, -0.15) is 0 Å². The Bertz CT molecular complexity index is 5390. The first-order chi connectivity index (χ1) is 44.2. The van der Waals surface area contributed by atoms with Gasteiger partial charge in [0.1, 0.15) is 0 Å². The summed E-state index contributed by atoms with van der Waals surface area (Å²) in [6.07, 6.45) is 0. The molecule has 13 aromatic carbocycles. The summed E-state index contributed by atoms with van der Waals surface area (Å²) in [5.74, 6) is 1.77. The summed E-state index contributed by atoms with van der Waals surface area (Å²) in [4.78, 5) is 21.2. The Morgan fingerprint density at radius 2 is 0.685 bits per heavy atom. The fraction of sp³-hybridized carbons (Fsp3) is 0. The molecule has 0 atom stereocenters. The third kappa shape index (κ3) is 7.97. The molecule has 0 bridgehead atoms. The first kappa shape index (κ1) is 50.5. The Hall–Kier alpha value is -11.9. The third-order valence-electron chi connectivity index (χ3n) is 18.1. The topological polar surface area (TPSA) is 55.0 Å². The number of hydrogen-bond donors (Lipinski definition) is 0. The predicted molar refractivity (Wildman–Crippen MR) is 370 cm³/mol. The Morgan fingerprint density at radius 1 is 0.247 bits per heavy atom. The van der Waals surface area contributed by atoms with Crippen LogP contribution in [0.2, 0.25) is 0 Å². The number of anilines is 6. The summed E-state index contributed by atoms with van der Waals surface area (Å²) in [7, 11) is 0. The lowest BCUT2D eigenvalue weighted by Gasteiger charge is -2.45. The van der Waals surface area contributed by atoms with E-state index < -0.39 is 0 Å². The monoisotopic (exact) mass is 1130 g/mol. The quantitative estimate of drug-likeness (QED) is 0.135. The Morgan fingerprint density at radius 3 is 1.29 bits per heavy atom. The molecular formula is C81H52BN7. The molecule has 0 radical (unpaired) electrons. The van der Waals surface area contributed by atoms with Crippen LogP contribution in [0.4, 0.5) is 34.1 Å². The van der Waals surface area contributed by atoms with Crippen molar-refractivity contribution in [3.63, 3.8) is 0 Å². The van der Waals surface area contributed by atoms with E-state index in [0.29, 0.717) is 17.5 Å². The minimum Gasteiger partial charge on any atom is -0.311 e. The first-order valence-electron chi connectivity index (χ1n) is 30.4. The van der Waals surface area contributed by atoms with E-state index in [4.69, 9.17) is 15.0 Å². The third-order valence-corrected chi connectivity index (χ3v) is 18.1. The van der Waals surface area contributed by atoms with E-state index in [2.05, 4.69) is 298 Å². The van der Waals surface area contributed by atoms with E-state index in [1.165, 1.54) is 32.8 Å². The lowest BCUT2D eigenvalue weighted by Crippen LogP contribution is -2.61. The highest BCUT2D eigenvalue weighted by Crippen LogP contribution is 2.50. The normalized spacial score (nSPS) is 12.4. The molecule has 0 amide bonds. The van der Waals surface area contributed by atoms with Gasteiger partial charge in [-0.1, -0.05) is 224 Å². The van der Waals surface area contributed by atoms with Crippen LogP contribution in [0.25, 0.3) is 111 Å². The predicted octanol–water partition coefficient (Wildman–Crippen LogP) is 18.5. The molecule has 8 heteroatoms. The molecule has 7 nitrogen and oxygen atoms in total. The van der Waals surface area contributed by atoms with Gasteiger partial charge in [0.2, 0.25) is 0 Å². The summed E-state index contributed by atoms with van der Waals surface area (Å²) in [6.45, 7) is -0.0389. The molecule has 0 saturated heterocycles. The van der Waals surface area contributed by atoms with Crippen LogP contribution < -0.4 is 26.2 Å². The van der Waals surface area contributed by atoms with Crippen molar-refractivity contribution < 1.29 is 0 Å². The Balaban J connectivity index is 0.931. The van der Waals surface area contributed by atoms with E-state index in [1.807, 2.05) is 36.4 Å². The van der Waals surface area contributed by atoms with Crippen molar-refractivity contribution in [2.24, 2.45) is 0 Å². The van der Waals surface area contributed by atoms with Crippen LogP contribution in [0.3, 0.4) is 0 Å². The van der Waals surface area contributed by atoms with E-state index in [-0.39, 0.29) is 6.71 Å². The van der Waals surface area contributed by atoms with Gasteiger partial charge in [-0.05, 0) is 119 Å². The Labute approximate surface area is 515 Å². The molecule has 89 heavy (non-hydrogen) atoms. The highest BCUT2D eigenvalue weighted by Gasteiger charge is 2.44. The van der Waals surface area contributed by atoms with Gasteiger partial charge in [0, 0.05) is 83.5 Å². The van der Waals surface area contributed by atoms with Gasteiger partial charge in [0.15, 0.2) is 17.5 Å². The molecule has 0 spiro atoms. The van der Waals surface area contributed by atoms with Crippen molar-refractivity contribution >= 4 is 101 Å². The van der Waals surface area contributed by atoms with Crippen molar-refractivity contribution in [1.82, 2.24) is 24.1 Å². The molecule has 0 fully saturated rings. The molecule has 3 aromatic heterocycles. The molecule has 0 saturated carbocycles. The molecule has 16 aromatic rings. The zero-order valence-electron chi connectivity index (χ0n) is 48.2. The molecule has 0 N–H and O–H groups in total. The van der Waals surface area contributed by atoms with Crippen molar-refractivity contribution in [2.45, 2.75) is 0 Å². The maximum absolute atomic E-state index is 5.49. The smallest absolute Gasteiger partial charge is 0.252 e. The number of rotatable bonds is 9. The van der Waals surface area contributed by atoms with Gasteiger partial charge in [0.25, 0.3) is 6.71 Å². The molecule has 0 unspecified atom stereocenters. The maximum atomic E-state index is 5.49. The number of hydrogen-bond acceptors (Lipinski definition) is 5. The fourth-order valence-corrected chi connectivity index (χ4v) is 14.4. The summed E-state index contributed by atoms with van der Waals surface area (Å²) >= 11 is 0. The van der Waals surface area contributed by atoms with E-state index in [0.717, 1.165) is 112 Å². The average molecular weight is 1130 g/mol. The fourth-order valence-electron chi connectivity index (χ4n) is 14.4. The van der Waals surface area contributed by atoms with Crippen molar-refractivity contribution in [2.75, 3.05) is 9.80 Å². The molecule has 18 rings (SSSR count). The van der Waals surface area contributed by atoms with Gasteiger partial charge in [0.05, 0.1) is 33.4 Å². The number of fused-ring (bicyclic) bond motifs is 10. The van der Waals surface area contributed by atoms with E-state index in [1.54, 1.807) is 0 Å². The molecule has 2 aliphatic heterocycles. The number of nitrogens with zero attached hydrogens (tertiary/aromatic N) is 7. The highest BCUT2D eigenvalue weighted by molar-refractivity contribution is 7.00. The van der Waals surface area contributed by atoms with Gasteiger partial charge >= 0.3 is 0 Å². The van der Waals surface area contributed by atoms with E-state index in [9.17, 15) is 0 Å². The highest BCUT2D eigenvalue weighted by atomic mass is 15.2. The lowest BCUT2D eigenvalue weighted by atomic mass is 9.33. The molecule has 0 aliphatic carbocycles. The van der Waals surface area contributed by atoms with Crippen molar-refractivity contribution in [3.8, 4) is 67.8 Å². The van der Waals surface area contributed by atoms with Crippen LogP contribution in [0, 0.1) is 0 Å². The van der Waals surface area contributed by atoms with Gasteiger partial charge in [-0.25, -0.2) is 15.0 Å². The van der Waals surface area contributed by atoms with Crippen LogP contribution in [-0.2, 0) is 0 Å². The number of benzene rings is 13. The summed E-state index contributed by atoms with van der Waals surface area (Å²) in [5, 5.41) is 4.70. The SMILES string of the molecule is c1ccc(-c2nc(-c3ccccc3)nc(-c3cccc(-c4cccc(-c5ccc6c7c5N(c5ccccc5)c5ccccc5B7c5ccccc5N6c5ccccc5)c4)c3-n3c4ccccc4c4cc5c6ccccc6n(-c6ccccc6)c5cc43)n2)cc1. The molecule has 5 heterocycles. The van der Waals surface area contributed by atoms with Gasteiger partial charge in [-0.15, -0.1) is 0 Å². The molecular weight excluding hydrogens is 1080 g/mol. The van der Waals surface area contributed by atoms with Crippen molar-refractivity contribution in [3.05, 3.63) is 315 Å². The molecule has 414 valence electrons. The Kier molecular flexibility index (Phi) is 11.6. The minimum absolute atomic E-state index is 0.0389. The number of aromatic nitrogens is 5. The lowest BCUT2D eigenvalue weighted by molar-refractivity contribution is 1.06. The second-order valence-corrected chi connectivity index (χ2v) is 23.0.